The van der Waals surface area contributed by atoms with Crippen LogP contribution < -0.4 is 0 Å². The Hall–Kier alpha value is -0.900. The lowest BCUT2D eigenvalue weighted by Crippen LogP contribution is -2.26. The average Bonchev–Trinajstić information content (AvgIpc) is 2.05. The normalized spacial score (nSPS) is 7.69. The number of aliphatic hydroxyl groups is 3. The van der Waals surface area contributed by atoms with Gasteiger partial charge in [-0.05, 0) is 27.2 Å². The monoisotopic (exact) mass is 232 g/mol. The summed E-state index contributed by atoms with van der Waals surface area (Å²) >= 11 is 0. The zero-order chi connectivity index (χ0) is 14.0. The lowest BCUT2D eigenvalue weighted by atomic mass is 10.3. The van der Waals surface area contributed by atoms with E-state index in [1.807, 2.05) is 20.8 Å². The smallest absolute Gasteiger partial charge is 0.275 e. The third-order valence-electron chi connectivity index (χ3n) is 0.585. The zero-order valence-electron chi connectivity index (χ0n) is 11.1. The molecule has 3 nitrogen and oxygen atoms in total. The Morgan fingerprint density at radius 3 is 1.06 bits per heavy atom. The van der Waals surface area contributed by atoms with Gasteiger partial charge < -0.3 is 15.3 Å². The summed E-state index contributed by atoms with van der Waals surface area (Å²) in [5.74, 6) is -2.45. The highest BCUT2D eigenvalue weighted by atomic mass is 16.7. The number of hydrogen-bond donors (Lipinski definition) is 3. The van der Waals surface area contributed by atoms with E-state index in [9.17, 15) is 0 Å². The van der Waals surface area contributed by atoms with Gasteiger partial charge in [-0.3, -0.25) is 0 Å². The molecular formula is C13H28O3. The summed E-state index contributed by atoms with van der Waals surface area (Å²) in [4.78, 5) is 0. The van der Waals surface area contributed by atoms with Crippen molar-refractivity contribution in [3.8, 4) is 0 Å². The number of rotatable bonds is 2. The predicted molar refractivity (Wildman–Crippen MR) is 71.9 cm³/mol. The van der Waals surface area contributed by atoms with Crippen molar-refractivity contribution in [2.45, 2.75) is 46.5 Å². The van der Waals surface area contributed by atoms with Crippen LogP contribution in [0.25, 0.3) is 0 Å². The van der Waals surface area contributed by atoms with Crippen LogP contribution >= 0.6 is 0 Å². The molecule has 0 heterocycles. The molecule has 0 atom stereocenters. The van der Waals surface area contributed by atoms with Gasteiger partial charge in [0.05, 0.1) is 0 Å². The van der Waals surface area contributed by atoms with E-state index >= 15 is 0 Å². The fourth-order valence-electron chi connectivity index (χ4n) is 0.335. The van der Waals surface area contributed by atoms with Crippen LogP contribution in [0.4, 0.5) is 0 Å². The molecule has 0 amide bonds. The van der Waals surface area contributed by atoms with Crippen molar-refractivity contribution >= 4 is 0 Å². The molecule has 0 rings (SSSR count). The molecule has 0 aromatic rings. The van der Waals surface area contributed by atoms with Crippen LogP contribution in [-0.2, 0) is 0 Å². The van der Waals surface area contributed by atoms with Gasteiger partial charge in [0.2, 0.25) is 0 Å². The van der Waals surface area contributed by atoms with Crippen LogP contribution in [0, 0.1) is 0 Å². The lowest BCUT2D eigenvalue weighted by Gasteiger charge is -2.10. The molecule has 0 spiro atoms. The quantitative estimate of drug-likeness (QED) is 0.506. The van der Waals surface area contributed by atoms with Gasteiger partial charge in [0.25, 0.3) is 5.97 Å². The molecule has 3 heteroatoms. The minimum atomic E-state index is -2.45. The third kappa shape index (κ3) is 200. The Labute approximate surface area is 100 Å². The van der Waals surface area contributed by atoms with E-state index in [1.165, 1.54) is 0 Å². The second-order valence-corrected chi connectivity index (χ2v) is 2.75. The number of allylic oxidation sites excluding steroid dienone is 3. The van der Waals surface area contributed by atoms with Crippen LogP contribution in [0.2, 0.25) is 0 Å². The minimum Gasteiger partial charge on any atom is -0.344 e. The minimum absolute atomic E-state index is 0.00694. The standard InChI is InChI=1S/C4H10O3.3C3H6/c1-2-3-4(5,6)7;3*1-3-2/h5-7H,2-3H2,1H3;3*3H,1H2,2H3. The molecule has 0 unspecified atom stereocenters. The molecule has 0 saturated carbocycles. The zero-order valence-corrected chi connectivity index (χ0v) is 11.1. The van der Waals surface area contributed by atoms with Gasteiger partial charge in [-0.15, -0.1) is 19.7 Å². The van der Waals surface area contributed by atoms with Crippen LogP contribution in [0.15, 0.2) is 38.0 Å². The van der Waals surface area contributed by atoms with Crippen molar-refractivity contribution in [3.05, 3.63) is 38.0 Å². The summed E-state index contributed by atoms with van der Waals surface area (Å²) in [5.41, 5.74) is 0. The van der Waals surface area contributed by atoms with Crippen molar-refractivity contribution in [3.63, 3.8) is 0 Å². The topological polar surface area (TPSA) is 60.7 Å². The molecule has 3 N–H and O–H groups in total. The second-order valence-electron chi connectivity index (χ2n) is 2.75. The molecule has 98 valence electrons. The van der Waals surface area contributed by atoms with Crippen molar-refractivity contribution in [1.29, 1.82) is 0 Å². The maximum atomic E-state index is 8.13. The first-order valence-corrected chi connectivity index (χ1v) is 5.19. The van der Waals surface area contributed by atoms with Gasteiger partial charge in [-0.2, -0.15) is 0 Å². The lowest BCUT2D eigenvalue weighted by molar-refractivity contribution is -0.314. The van der Waals surface area contributed by atoms with E-state index in [1.54, 1.807) is 25.2 Å². The van der Waals surface area contributed by atoms with Crippen molar-refractivity contribution in [1.82, 2.24) is 0 Å². The van der Waals surface area contributed by atoms with E-state index in [-0.39, 0.29) is 6.42 Å². The first-order chi connectivity index (χ1) is 7.30. The van der Waals surface area contributed by atoms with Gasteiger partial charge in [0.15, 0.2) is 0 Å². The Morgan fingerprint density at radius 1 is 0.875 bits per heavy atom. The molecule has 0 radical (unpaired) electrons. The molecule has 0 aliphatic rings. The van der Waals surface area contributed by atoms with Crippen LogP contribution in [0.5, 0.6) is 0 Å². The Morgan fingerprint density at radius 2 is 1.06 bits per heavy atom. The Bertz CT molecular complexity index is 120. The molecule has 0 aliphatic carbocycles. The van der Waals surface area contributed by atoms with Crippen molar-refractivity contribution in [2.24, 2.45) is 0 Å². The van der Waals surface area contributed by atoms with E-state index in [4.69, 9.17) is 15.3 Å². The SMILES string of the molecule is C=CC.C=CC.C=CC.CCCC(O)(O)O. The summed E-state index contributed by atoms with van der Waals surface area (Å²) in [6.45, 7) is 17.5. The summed E-state index contributed by atoms with van der Waals surface area (Å²) in [5, 5.41) is 24.4. The highest BCUT2D eigenvalue weighted by Crippen LogP contribution is 2.01. The molecule has 0 aliphatic heterocycles. The number of hydrogen-bond acceptors (Lipinski definition) is 3. The maximum absolute atomic E-state index is 8.13. The molecule has 0 aromatic carbocycles. The van der Waals surface area contributed by atoms with Crippen LogP contribution in [0.1, 0.15) is 40.5 Å². The predicted octanol–water partition coefficient (Wildman–Crippen LogP) is 2.99. The first-order valence-electron chi connectivity index (χ1n) is 5.19. The van der Waals surface area contributed by atoms with Crippen molar-refractivity contribution in [2.75, 3.05) is 0 Å². The molecule has 16 heavy (non-hydrogen) atoms. The van der Waals surface area contributed by atoms with Crippen LogP contribution in [0.3, 0.4) is 0 Å². The average molecular weight is 232 g/mol. The van der Waals surface area contributed by atoms with Gasteiger partial charge in [0.1, 0.15) is 0 Å². The van der Waals surface area contributed by atoms with E-state index < -0.39 is 5.97 Å². The van der Waals surface area contributed by atoms with E-state index in [0.717, 1.165) is 0 Å². The summed E-state index contributed by atoms with van der Waals surface area (Å²) in [6, 6.07) is 0. The highest BCUT2D eigenvalue weighted by molar-refractivity contribution is 4.52. The first kappa shape index (κ1) is 24.4. The summed E-state index contributed by atoms with van der Waals surface area (Å²) in [6.07, 6.45) is 5.82. The van der Waals surface area contributed by atoms with Crippen molar-refractivity contribution < 1.29 is 15.3 Å². The van der Waals surface area contributed by atoms with Gasteiger partial charge in [-0.1, -0.05) is 25.2 Å². The van der Waals surface area contributed by atoms with E-state index in [2.05, 4.69) is 19.7 Å². The fourth-order valence-corrected chi connectivity index (χ4v) is 0.335. The van der Waals surface area contributed by atoms with Gasteiger partial charge in [-0.25, -0.2) is 0 Å². The Kier molecular flexibility index (Phi) is 36.1. The molecule has 0 aromatic heterocycles. The molecule has 0 fully saturated rings. The maximum Gasteiger partial charge on any atom is 0.275 e. The Balaban J connectivity index is -0.0000000677. The summed E-state index contributed by atoms with van der Waals surface area (Å²) in [7, 11) is 0. The fraction of sp³-hybridized carbons (Fsp3) is 0.538. The molecule has 0 saturated heterocycles. The second kappa shape index (κ2) is 23.7. The third-order valence-corrected chi connectivity index (χ3v) is 0.585. The van der Waals surface area contributed by atoms with Crippen LogP contribution in [-0.4, -0.2) is 21.3 Å². The van der Waals surface area contributed by atoms with Gasteiger partial charge in [0, 0.05) is 6.42 Å². The van der Waals surface area contributed by atoms with Gasteiger partial charge >= 0.3 is 0 Å². The molecular weight excluding hydrogens is 204 g/mol. The van der Waals surface area contributed by atoms with E-state index in [0.29, 0.717) is 6.42 Å². The summed E-state index contributed by atoms with van der Waals surface area (Å²) < 4.78 is 0. The largest absolute Gasteiger partial charge is 0.344 e. The highest BCUT2D eigenvalue weighted by Gasteiger charge is 2.14. The molecule has 0 bridgehead atoms.